The normalized spacial score (nSPS) is 28.0. The second kappa shape index (κ2) is 4.49. The summed E-state index contributed by atoms with van der Waals surface area (Å²) in [6.07, 6.45) is -5.25. The summed E-state index contributed by atoms with van der Waals surface area (Å²) in [6.45, 7) is 0. The number of alkyl halides is 3. The van der Waals surface area contributed by atoms with Gasteiger partial charge in [-0.15, -0.1) is 0 Å². The van der Waals surface area contributed by atoms with Gasteiger partial charge in [-0.05, 0) is 17.7 Å². The molecule has 7 heteroatoms. The largest absolute Gasteiger partial charge is 0.408 e. The van der Waals surface area contributed by atoms with E-state index < -0.39 is 30.1 Å². The van der Waals surface area contributed by atoms with Crippen molar-refractivity contribution in [2.75, 3.05) is 7.05 Å². The van der Waals surface area contributed by atoms with Crippen molar-refractivity contribution in [3.05, 3.63) is 34.3 Å². The lowest BCUT2D eigenvalue weighted by Crippen LogP contribution is -2.41. The zero-order chi connectivity index (χ0) is 14.4. The molecule has 0 spiro atoms. The van der Waals surface area contributed by atoms with Crippen LogP contribution in [0.3, 0.4) is 0 Å². The average Bonchev–Trinajstić information content (AvgIpc) is 2.55. The molecule has 1 amide bonds. The molecule has 1 fully saturated rings. The maximum Gasteiger partial charge on any atom is 0.408 e. The van der Waals surface area contributed by atoms with Gasteiger partial charge >= 0.3 is 6.18 Å². The van der Waals surface area contributed by atoms with Gasteiger partial charge in [-0.25, -0.2) is 0 Å². The van der Waals surface area contributed by atoms with Crippen LogP contribution in [0.5, 0.6) is 0 Å². The number of likely N-dealkylation sites (tertiary alicyclic amines) is 1. The van der Waals surface area contributed by atoms with Crippen molar-refractivity contribution in [1.29, 1.82) is 0 Å². The Hall–Kier alpha value is -1.08. The summed E-state index contributed by atoms with van der Waals surface area (Å²) in [4.78, 5) is 12.5. The Morgan fingerprint density at radius 2 is 2.11 bits per heavy atom. The second-order valence-electron chi connectivity index (χ2n) is 4.55. The third-order valence-corrected chi connectivity index (χ3v) is 3.80. The SMILES string of the molecule is CN1C(=O)C(O)(c2cccc(Br)c2)CC1C(F)(F)F. The van der Waals surface area contributed by atoms with Gasteiger partial charge in [0, 0.05) is 17.9 Å². The first kappa shape index (κ1) is 14.3. The Kier molecular flexibility index (Phi) is 3.38. The number of nitrogens with zero attached hydrogens (tertiary/aromatic N) is 1. The van der Waals surface area contributed by atoms with Crippen molar-refractivity contribution >= 4 is 21.8 Å². The highest BCUT2D eigenvalue weighted by Gasteiger charge is 2.58. The van der Waals surface area contributed by atoms with Gasteiger partial charge in [0.25, 0.3) is 5.91 Å². The minimum absolute atomic E-state index is 0.158. The third kappa shape index (κ3) is 2.36. The fourth-order valence-electron chi connectivity index (χ4n) is 2.26. The van der Waals surface area contributed by atoms with Crippen LogP contribution in [-0.2, 0) is 10.4 Å². The van der Waals surface area contributed by atoms with E-state index in [0.29, 0.717) is 9.37 Å². The Balaban J connectivity index is 2.43. The van der Waals surface area contributed by atoms with Crippen LogP contribution in [0.2, 0.25) is 0 Å². The molecule has 1 heterocycles. The first-order valence-electron chi connectivity index (χ1n) is 5.48. The molecule has 2 atom stereocenters. The minimum Gasteiger partial charge on any atom is -0.375 e. The van der Waals surface area contributed by atoms with Gasteiger partial charge in [-0.2, -0.15) is 13.2 Å². The van der Waals surface area contributed by atoms with Gasteiger partial charge in [-0.1, -0.05) is 28.1 Å². The lowest BCUT2D eigenvalue weighted by molar-refractivity contribution is -0.177. The van der Waals surface area contributed by atoms with E-state index in [1.807, 2.05) is 0 Å². The molecule has 0 bridgehead atoms. The maximum atomic E-state index is 12.8. The fourth-order valence-corrected chi connectivity index (χ4v) is 2.66. The fraction of sp³-hybridized carbons (Fsp3) is 0.417. The molecular weight excluding hydrogens is 327 g/mol. The predicted octanol–water partition coefficient (Wildman–Crippen LogP) is 2.43. The van der Waals surface area contributed by atoms with Crippen molar-refractivity contribution in [1.82, 2.24) is 4.90 Å². The first-order valence-corrected chi connectivity index (χ1v) is 6.28. The number of rotatable bonds is 1. The molecule has 2 unspecified atom stereocenters. The molecule has 1 saturated heterocycles. The highest BCUT2D eigenvalue weighted by Crippen LogP contribution is 2.42. The Morgan fingerprint density at radius 3 is 2.58 bits per heavy atom. The standard InChI is InChI=1S/C12H11BrF3NO2/c1-17-9(12(14,15)16)6-11(19,10(17)18)7-3-2-4-8(13)5-7/h2-5,9,19H,6H2,1H3. The summed E-state index contributed by atoms with van der Waals surface area (Å²) in [5, 5.41) is 10.3. The summed E-state index contributed by atoms with van der Waals surface area (Å²) in [7, 11) is 1.05. The van der Waals surface area contributed by atoms with Crippen molar-refractivity contribution < 1.29 is 23.1 Å². The number of carbonyl (C=O) groups excluding carboxylic acids is 1. The predicted molar refractivity (Wildman–Crippen MR) is 65.3 cm³/mol. The van der Waals surface area contributed by atoms with Gasteiger partial charge in [0.15, 0.2) is 5.60 Å². The summed E-state index contributed by atoms with van der Waals surface area (Å²) < 4.78 is 39.0. The topological polar surface area (TPSA) is 40.5 Å². The van der Waals surface area contributed by atoms with Crippen molar-refractivity contribution in [3.8, 4) is 0 Å². The smallest absolute Gasteiger partial charge is 0.375 e. The lowest BCUT2D eigenvalue weighted by Gasteiger charge is -2.21. The van der Waals surface area contributed by atoms with E-state index in [2.05, 4.69) is 15.9 Å². The van der Waals surface area contributed by atoms with Crippen LogP contribution in [0.1, 0.15) is 12.0 Å². The van der Waals surface area contributed by atoms with Gasteiger partial charge in [-0.3, -0.25) is 4.79 Å². The highest BCUT2D eigenvalue weighted by atomic mass is 79.9. The van der Waals surface area contributed by atoms with Crippen LogP contribution >= 0.6 is 15.9 Å². The van der Waals surface area contributed by atoms with Crippen LogP contribution < -0.4 is 0 Å². The van der Waals surface area contributed by atoms with Crippen molar-refractivity contribution in [2.45, 2.75) is 24.2 Å². The number of halogens is 4. The molecule has 1 aliphatic heterocycles. The Labute approximate surface area is 116 Å². The monoisotopic (exact) mass is 337 g/mol. The van der Waals surface area contributed by atoms with Crippen LogP contribution in [0.4, 0.5) is 13.2 Å². The number of benzene rings is 1. The molecule has 0 saturated carbocycles. The summed E-state index contributed by atoms with van der Waals surface area (Å²) in [5.41, 5.74) is -1.97. The van der Waals surface area contributed by atoms with Gasteiger partial charge in [0.1, 0.15) is 6.04 Å². The Morgan fingerprint density at radius 1 is 1.47 bits per heavy atom. The number of hydrogen-bond donors (Lipinski definition) is 1. The molecule has 1 aliphatic rings. The molecule has 0 aromatic heterocycles. The van der Waals surface area contributed by atoms with E-state index in [1.54, 1.807) is 12.1 Å². The van der Waals surface area contributed by atoms with Crippen LogP contribution in [0.15, 0.2) is 28.7 Å². The quantitative estimate of drug-likeness (QED) is 0.855. The number of likely N-dealkylation sites (N-methyl/N-ethyl adjacent to an activating group) is 1. The molecule has 1 N–H and O–H groups in total. The first-order chi connectivity index (χ1) is 8.66. The van der Waals surface area contributed by atoms with Gasteiger partial charge in [0.05, 0.1) is 0 Å². The summed E-state index contributed by atoms with van der Waals surface area (Å²) in [5.74, 6) is -0.937. The molecule has 3 nitrogen and oxygen atoms in total. The zero-order valence-corrected chi connectivity index (χ0v) is 11.5. The van der Waals surface area contributed by atoms with Crippen LogP contribution in [-0.4, -0.2) is 35.2 Å². The van der Waals surface area contributed by atoms with Crippen molar-refractivity contribution in [3.63, 3.8) is 0 Å². The molecule has 0 radical (unpaired) electrons. The van der Waals surface area contributed by atoms with Crippen LogP contribution in [0.25, 0.3) is 0 Å². The maximum absolute atomic E-state index is 12.8. The molecule has 104 valence electrons. The highest BCUT2D eigenvalue weighted by molar-refractivity contribution is 9.10. The molecule has 1 aromatic carbocycles. The van der Waals surface area contributed by atoms with E-state index in [1.165, 1.54) is 12.1 Å². The van der Waals surface area contributed by atoms with E-state index in [4.69, 9.17) is 0 Å². The molecule has 19 heavy (non-hydrogen) atoms. The Bertz CT molecular complexity index is 520. The van der Waals surface area contributed by atoms with Gasteiger partial charge < -0.3 is 10.0 Å². The van der Waals surface area contributed by atoms with Gasteiger partial charge in [0.2, 0.25) is 0 Å². The summed E-state index contributed by atoms with van der Waals surface area (Å²) in [6, 6.07) is 4.15. The molecular formula is C12H11BrF3NO2. The number of amides is 1. The lowest BCUT2D eigenvalue weighted by atomic mass is 9.90. The zero-order valence-electron chi connectivity index (χ0n) is 9.91. The molecule has 1 aromatic rings. The molecule has 2 rings (SSSR count). The van der Waals surface area contributed by atoms with E-state index >= 15 is 0 Å². The van der Waals surface area contributed by atoms with E-state index in [-0.39, 0.29) is 5.56 Å². The molecule has 0 aliphatic carbocycles. The number of carbonyl (C=O) groups is 1. The van der Waals surface area contributed by atoms with E-state index in [0.717, 1.165) is 7.05 Å². The number of hydrogen-bond acceptors (Lipinski definition) is 2. The van der Waals surface area contributed by atoms with Crippen LogP contribution in [0, 0.1) is 0 Å². The number of aliphatic hydroxyl groups is 1. The van der Waals surface area contributed by atoms with E-state index in [9.17, 15) is 23.1 Å². The second-order valence-corrected chi connectivity index (χ2v) is 5.46. The summed E-state index contributed by atoms with van der Waals surface area (Å²) >= 11 is 3.16. The van der Waals surface area contributed by atoms with Crippen molar-refractivity contribution in [2.24, 2.45) is 0 Å². The third-order valence-electron chi connectivity index (χ3n) is 3.31. The average molecular weight is 338 g/mol. The minimum atomic E-state index is -4.55.